The van der Waals surface area contributed by atoms with E-state index in [4.69, 9.17) is 4.74 Å². The first-order valence-corrected chi connectivity index (χ1v) is 13.6. The number of benzene rings is 2. The van der Waals surface area contributed by atoms with Gasteiger partial charge in [-0.1, -0.05) is 18.9 Å². The number of nitrogens with zero attached hydrogens (tertiary/aromatic N) is 3. The summed E-state index contributed by atoms with van der Waals surface area (Å²) in [6.07, 6.45) is 13.2. The van der Waals surface area contributed by atoms with Gasteiger partial charge in [-0.25, -0.2) is 14.4 Å². The number of hydrogen-bond acceptors (Lipinski definition) is 6. The maximum Gasteiger partial charge on any atom is 0.248 e. The van der Waals surface area contributed by atoms with Crippen LogP contribution in [0, 0.1) is 17.2 Å². The zero-order valence-electron chi connectivity index (χ0n) is 21.8. The quantitative estimate of drug-likeness (QED) is 0.330. The monoisotopic (exact) mass is 515 g/mol. The molecule has 1 saturated heterocycles. The molecule has 6 rings (SSSR count). The van der Waals surface area contributed by atoms with Gasteiger partial charge in [-0.2, -0.15) is 0 Å². The molecule has 0 bridgehead atoms. The van der Waals surface area contributed by atoms with Crippen molar-refractivity contribution in [2.24, 2.45) is 11.3 Å². The zero-order valence-corrected chi connectivity index (χ0v) is 21.8. The summed E-state index contributed by atoms with van der Waals surface area (Å²) in [4.78, 5) is 24.0. The number of hydrogen-bond donors (Lipinski definition) is 2. The first kappa shape index (κ1) is 24.8. The molecule has 2 heterocycles. The van der Waals surface area contributed by atoms with Gasteiger partial charge in [-0.05, 0) is 79.8 Å². The number of halogens is 1. The second-order valence-corrected chi connectivity index (χ2v) is 11.1. The summed E-state index contributed by atoms with van der Waals surface area (Å²) in [5.41, 5.74) is 3.26. The molecule has 2 saturated carbocycles. The summed E-state index contributed by atoms with van der Waals surface area (Å²) >= 11 is 0. The van der Waals surface area contributed by atoms with Gasteiger partial charge in [0.25, 0.3) is 0 Å². The Morgan fingerprint density at radius 3 is 2.84 bits per heavy atom. The van der Waals surface area contributed by atoms with Crippen molar-refractivity contribution in [2.75, 3.05) is 37.4 Å². The summed E-state index contributed by atoms with van der Waals surface area (Å²) < 4.78 is 19.9. The van der Waals surface area contributed by atoms with E-state index in [0.717, 1.165) is 49.5 Å². The predicted octanol–water partition coefficient (Wildman–Crippen LogP) is 5.84. The van der Waals surface area contributed by atoms with Gasteiger partial charge in [0.15, 0.2) is 0 Å². The van der Waals surface area contributed by atoms with Crippen LogP contribution >= 0.6 is 0 Å². The third-order valence-electron chi connectivity index (χ3n) is 8.15. The average Bonchev–Trinajstić information content (AvgIpc) is 3.83. The van der Waals surface area contributed by atoms with Crippen LogP contribution < -0.4 is 15.4 Å². The number of rotatable bonds is 10. The fourth-order valence-electron chi connectivity index (χ4n) is 5.45. The van der Waals surface area contributed by atoms with E-state index in [1.54, 1.807) is 25.3 Å². The van der Waals surface area contributed by atoms with Crippen molar-refractivity contribution >= 4 is 34.0 Å². The van der Waals surface area contributed by atoms with Gasteiger partial charge < -0.3 is 15.4 Å². The van der Waals surface area contributed by atoms with Crippen molar-refractivity contribution in [1.29, 1.82) is 0 Å². The lowest BCUT2D eigenvalue weighted by molar-refractivity contribution is -0.111. The van der Waals surface area contributed by atoms with Crippen molar-refractivity contribution in [1.82, 2.24) is 14.9 Å². The maximum absolute atomic E-state index is 14.4. The number of likely N-dealkylation sites (tertiary alicyclic amines) is 1. The Balaban J connectivity index is 1.18. The van der Waals surface area contributed by atoms with Crippen molar-refractivity contribution in [3.8, 4) is 5.75 Å². The molecule has 1 amide bonds. The number of fused-ring (bicyclic) bond motifs is 1. The second-order valence-electron chi connectivity index (χ2n) is 11.1. The zero-order chi connectivity index (χ0) is 26.1. The molecule has 0 radical (unpaired) electrons. The second kappa shape index (κ2) is 10.3. The molecule has 3 aliphatic rings. The van der Waals surface area contributed by atoms with Gasteiger partial charge in [0.05, 0.1) is 18.3 Å². The fourth-order valence-corrected chi connectivity index (χ4v) is 5.45. The van der Waals surface area contributed by atoms with Crippen molar-refractivity contribution in [3.05, 3.63) is 60.2 Å². The van der Waals surface area contributed by atoms with E-state index in [-0.39, 0.29) is 11.7 Å². The van der Waals surface area contributed by atoms with Crippen LogP contribution in [-0.4, -0.2) is 47.5 Å². The summed E-state index contributed by atoms with van der Waals surface area (Å²) in [5, 5.41) is 6.99. The molecule has 2 aliphatic carbocycles. The fraction of sp³-hybridized carbons (Fsp3) is 0.433. The summed E-state index contributed by atoms with van der Waals surface area (Å²) in [7, 11) is 1.57. The molecule has 1 aromatic heterocycles. The van der Waals surface area contributed by atoms with Gasteiger partial charge in [-0.3, -0.25) is 9.69 Å². The van der Waals surface area contributed by atoms with Gasteiger partial charge in [-0.15, -0.1) is 0 Å². The average molecular weight is 516 g/mol. The Labute approximate surface area is 222 Å². The maximum atomic E-state index is 14.4. The number of ether oxygens (including phenoxy) is 1. The van der Waals surface area contributed by atoms with Crippen LogP contribution in [0.15, 0.2) is 48.8 Å². The Morgan fingerprint density at radius 1 is 1.21 bits per heavy atom. The van der Waals surface area contributed by atoms with E-state index in [1.807, 2.05) is 18.2 Å². The molecule has 0 unspecified atom stereocenters. The minimum atomic E-state index is -0.215. The smallest absolute Gasteiger partial charge is 0.248 e. The van der Waals surface area contributed by atoms with E-state index in [0.29, 0.717) is 33.7 Å². The number of anilines is 3. The lowest BCUT2D eigenvalue weighted by atomic mass is 10.1. The SMILES string of the molecule is COc1cc2ncnc(Nc3ccc(F)c(CCC4CC4)c3)c2cc1NC(=O)/C=C/CN1CCC2(CC2)C1. The molecule has 38 heavy (non-hydrogen) atoms. The molecular weight excluding hydrogens is 481 g/mol. The van der Waals surface area contributed by atoms with Crippen LogP contribution in [0.4, 0.5) is 21.6 Å². The number of aryl methyl sites for hydroxylation is 1. The van der Waals surface area contributed by atoms with E-state index < -0.39 is 0 Å². The highest BCUT2D eigenvalue weighted by Crippen LogP contribution is 2.52. The van der Waals surface area contributed by atoms with E-state index in [9.17, 15) is 9.18 Å². The topological polar surface area (TPSA) is 79.4 Å². The van der Waals surface area contributed by atoms with Crippen molar-refractivity contribution in [2.45, 2.75) is 44.9 Å². The Bertz CT molecular complexity index is 1380. The molecule has 1 aliphatic heterocycles. The normalized spacial score (nSPS) is 18.4. The van der Waals surface area contributed by atoms with Crippen molar-refractivity contribution < 1.29 is 13.9 Å². The van der Waals surface area contributed by atoms with Crippen LogP contribution in [0.3, 0.4) is 0 Å². The number of carbonyl (C=O) groups is 1. The molecule has 0 atom stereocenters. The molecule has 198 valence electrons. The highest BCUT2D eigenvalue weighted by molar-refractivity contribution is 6.03. The van der Waals surface area contributed by atoms with E-state index in [2.05, 4.69) is 25.5 Å². The molecular formula is C30H34FN5O2. The lowest BCUT2D eigenvalue weighted by Crippen LogP contribution is -2.21. The van der Waals surface area contributed by atoms with Gasteiger partial charge >= 0.3 is 0 Å². The number of methoxy groups -OCH3 is 1. The van der Waals surface area contributed by atoms with Crippen LogP contribution in [0.5, 0.6) is 5.75 Å². The minimum absolute atomic E-state index is 0.177. The summed E-state index contributed by atoms with van der Waals surface area (Å²) in [6.45, 7) is 3.03. The third-order valence-corrected chi connectivity index (χ3v) is 8.15. The van der Waals surface area contributed by atoms with Crippen LogP contribution in [0.25, 0.3) is 10.9 Å². The minimum Gasteiger partial charge on any atom is -0.494 e. The summed E-state index contributed by atoms with van der Waals surface area (Å²) in [5.74, 6) is 1.44. The van der Waals surface area contributed by atoms with Crippen LogP contribution in [0.2, 0.25) is 0 Å². The van der Waals surface area contributed by atoms with Crippen molar-refractivity contribution in [3.63, 3.8) is 0 Å². The largest absolute Gasteiger partial charge is 0.494 e. The van der Waals surface area contributed by atoms with E-state index >= 15 is 0 Å². The molecule has 8 heteroatoms. The summed E-state index contributed by atoms with van der Waals surface area (Å²) in [6, 6.07) is 8.67. The third kappa shape index (κ3) is 5.65. The first-order valence-electron chi connectivity index (χ1n) is 13.6. The highest BCUT2D eigenvalue weighted by atomic mass is 19.1. The number of nitrogens with one attached hydrogen (secondary N) is 2. The van der Waals surface area contributed by atoms with Crippen LogP contribution in [-0.2, 0) is 11.2 Å². The molecule has 2 aromatic carbocycles. The van der Waals surface area contributed by atoms with Crippen LogP contribution in [0.1, 0.15) is 44.1 Å². The van der Waals surface area contributed by atoms with Gasteiger partial charge in [0.2, 0.25) is 5.91 Å². The molecule has 7 nitrogen and oxygen atoms in total. The molecule has 3 fully saturated rings. The number of aromatic nitrogens is 2. The van der Waals surface area contributed by atoms with Gasteiger partial charge in [0.1, 0.15) is 23.7 Å². The molecule has 1 spiro atoms. The molecule has 2 N–H and O–H groups in total. The Hall–Kier alpha value is -3.52. The first-order chi connectivity index (χ1) is 18.5. The standard InChI is InChI=1S/C30H34FN5O2/c1-38-27-17-25-23(16-26(27)35-28(37)3-2-13-36-14-12-30(18-36)10-11-30)29(33-19-32-25)34-22-8-9-24(31)21(15-22)7-6-20-4-5-20/h2-3,8-9,15-17,19-20H,4-7,10-14,18H2,1H3,(H,35,37)(H,32,33,34)/b3-2+. The van der Waals surface area contributed by atoms with E-state index in [1.165, 1.54) is 44.5 Å². The molecule has 3 aromatic rings. The predicted molar refractivity (Wildman–Crippen MR) is 147 cm³/mol. The number of carbonyl (C=O) groups excluding carboxylic acids is 1. The highest BCUT2D eigenvalue weighted by Gasteiger charge is 2.47. The van der Waals surface area contributed by atoms with Gasteiger partial charge in [0, 0.05) is 36.3 Å². The lowest BCUT2D eigenvalue weighted by Gasteiger charge is -2.14. The number of amides is 1. The Morgan fingerprint density at radius 2 is 2.08 bits per heavy atom. The Kier molecular flexibility index (Phi) is 6.74.